The van der Waals surface area contributed by atoms with E-state index in [-0.39, 0.29) is 0 Å². The van der Waals surface area contributed by atoms with E-state index in [9.17, 15) is 0 Å². The second-order valence-corrected chi connectivity index (χ2v) is 0.811. The number of hydrogen-bond acceptors (Lipinski definition) is 2. The maximum atomic E-state index is 4.31. The maximum Gasteiger partial charge on any atom is 0.116 e. The van der Waals surface area contributed by atoms with E-state index in [1.54, 1.807) is 6.92 Å². The highest BCUT2D eigenvalue weighted by molar-refractivity contribution is 5.77. The molecule has 0 aromatic carbocycles. The molecule has 0 rings (SSSR count). The molecule has 0 saturated carbocycles. The van der Waals surface area contributed by atoms with E-state index < -0.39 is 0 Å². The summed E-state index contributed by atoms with van der Waals surface area (Å²) in [4.78, 5) is 4.31. The highest BCUT2D eigenvalue weighted by Gasteiger charge is 1.54. The molecule has 0 atom stereocenters. The van der Waals surface area contributed by atoms with Gasteiger partial charge in [0.2, 0.25) is 0 Å². The van der Waals surface area contributed by atoms with Gasteiger partial charge < -0.3 is 4.84 Å². The van der Waals surface area contributed by atoms with Gasteiger partial charge in [-0.3, -0.25) is 0 Å². The third-order valence-electron chi connectivity index (χ3n) is 0.367. The molecule has 0 aliphatic heterocycles. The van der Waals surface area contributed by atoms with Gasteiger partial charge in [0, 0.05) is 0 Å². The van der Waals surface area contributed by atoms with Gasteiger partial charge in [0.05, 0.1) is 0 Å². The zero-order valence-electron chi connectivity index (χ0n) is 4.43. The Labute approximate surface area is 43.2 Å². The molecule has 0 spiro atoms. The van der Waals surface area contributed by atoms with Crippen molar-refractivity contribution in [2.24, 2.45) is 5.16 Å². The van der Waals surface area contributed by atoms with Gasteiger partial charge in [-0.05, 0) is 6.92 Å². The highest BCUT2D eigenvalue weighted by Crippen LogP contribution is 1.59. The summed E-state index contributed by atoms with van der Waals surface area (Å²) in [5, 5.41) is 3.36. The van der Waals surface area contributed by atoms with Crippen LogP contribution in [0.3, 0.4) is 0 Å². The van der Waals surface area contributed by atoms with Crippen molar-refractivity contribution >= 4 is 6.21 Å². The lowest BCUT2D eigenvalue weighted by Gasteiger charge is -1.75. The van der Waals surface area contributed by atoms with Crippen LogP contribution in [0.4, 0.5) is 0 Å². The fourth-order valence-electron chi connectivity index (χ4n) is 0.144. The van der Waals surface area contributed by atoms with Gasteiger partial charge in [-0.15, -0.1) is 5.92 Å². The Hall–Kier alpha value is -0.970. The van der Waals surface area contributed by atoms with Crippen LogP contribution >= 0.6 is 0 Å². The number of oxime groups is 1. The third kappa shape index (κ3) is 5.03. The minimum Gasteiger partial charge on any atom is -0.399 e. The molecule has 0 aromatic heterocycles. The Balaban J connectivity index is 3.21. The molecule has 0 N–H and O–H groups in total. The SMILES string of the molecule is CC#CC=NOC. The molecular formula is C5H7NO. The standard InChI is InChI=1S/C5H7NO/c1-3-4-5-6-7-2/h5H,1-2H3. The molecule has 38 valence electrons. The quantitative estimate of drug-likeness (QED) is 0.267. The van der Waals surface area contributed by atoms with E-state index in [1.807, 2.05) is 0 Å². The van der Waals surface area contributed by atoms with E-state index in [0.717, 1.165) is 0 Å². The predicted molar refractivity (Wildman–Crippen MR) is 29.0 cm³/mol. The Kier molecular flexibility index (Phi) is 4.33. The summed E-state index contributed by atoms with van der Waals surface area (Å²) in [5.41, 5.74) is 0. The van der Waals surface area contributed by atoms with Crippen LogP contribution in [0.5, 0.6) is 0 Å². The largest absolute Gasteiger partial charge is 0.399 e. The molecule has 0 fully saturated rings. The van der Waals surface area contributed by atoms with Gasteiger partial charge >= 0.3 is 0 Å². The first kappa shape index (κ1) is 6.03. The predicted octanol–water partition coefficient (Wildman–Crippen LogP) is 0.642. The van der Waals surface area contributed by atoms with Gasteiger partial charge in [0.15, 0.2) is 0 Å². The van der Waals surface area contributed by atoms with E-state index in [1.165, 1.54) is 13.3 Å². The number of hydrogen-bond donors (Lipinski definition) is 0. The lowest BCUT2D eigenvalue weighted by molar-refractivity contribution is 0.216. The monoisotopic (exact) mass is 97.1 g/mol. The Morgan fingerprint density at radius 3 is 2.86 bits per heavy atom. The third-order valence-corrected chi connectivity index (χ3v) is 0.367. The van der Waals surface area contributed by atoms with Crippen molar-refractivity contribution in [3.8, 4) is 11.8 Å². The molecule has 0 aliphatic rings. The van der Waals surface area contributed by atoms with E-state index in [4.69, 9.17) is 0 Å². The second kappa shape index (κ2) is 5.03. The van der Waals surface area contributed by atoms with Gasteiger partial charge in [-0.1, -0.05) is 11.1 Å². The smallest absolute Gasteiger partial charge is 0.116 e. The molecule has 0 unspecified atom stereocenters. The highest BCUT2D eigenvalue weighted by atomic mass is 16.6. The van der Waals surface area contributed by atoms with Crippen LogP contribution < -0.4 is 0 Å². The van der Waals surface area contributed by atoms with E-state index in [0.29, 0.717) is 0 Å². The van der Waals surface area contributed by atoms with Crippen LogP contribution in [0.2, 0.25) is 0 Å². The van der Waals surface area contributed by atoms with Crippen LogP contribution in [0, 0.1) is 11.8 Å². The van der Waals surface area contributed by atoms with Crippen LogP contribution in [0.15, 0.2) is 5.16 Å². The van der Waals surface area contributed by atoms with E-state index in [2.05, 4.69) is 21.8 Å². The first-order chi connectivity index (χ1) is 3.41. The van der Waals surface area contributed by atoms with Crippen molar-refractivity contribution in [2.45, 2.75) is 6.92 Å². The minimum atomic E-state index is 1.40. The van der Waals surface area contributed by atoms with Gasteiger partial charge in [0.1, 0.15) is 13.3 Å². The zero-order chi connectivity index (χ0) is 5.54. The second-order valence-electron chi connectivity index (χ2n) is 0.811. The lowest BCUT2D eigenvalue weighted by atomic mass is 10.6. The Bertz CT molecular complexity index is 107. The van der Waals surface area contributed by atoms with Gasteiger partial charge in [-0.25, -0.2) is 0 Å². The molecule has 2 nitrogen and oxygen atoms in total. The minimum absolute atomic E-state index is 1.40. The van der Waals surface area contributed by atoms with Crippen LogP contribution in [0.25, 0.3) is 0 Å². The maximum absolute atomic E-state index is 4.31. The Morgan fingerprint density at radius 2 is 2.43 bits per heavy atom. The van der Waals surface area contributed by atoms with E-state index >= 15 is 0 Å². The van der Waals surface area contributed by atoms with Crippen molar-refractivity contribution in [2.75, 3.05) is 7.11 Å². The summed E-state index contributed by atoms with van der Waals surface area (Å²) in [5.74, 6) is 5.21. The normalized spacial score (nSPS) is 7.71. The summed E-state index contributed by atoms with van der Waals surface area (Å²) in [7, 11) is 1.48. The lowest BCUT2D eigenvalue weighted by Crippen LogP contribution is -1.67. The summed E-state index contributed by atoms with van der Waals surface area (Å²) >= 11 is 0. The van der Waals surface area contributed by atoms with Crippen molar-refractivity contribution < 1.29 is 4.84 Å². The van der Waals surface area contributed by atoms with Crippen molar-refractivity contribution in [3.63, 3.8) is 0 Å². The molecule has 0 saturated heterocycles. The molecule has 0 aliphatic carbocycles. The summed E-state index contributed by atoms with van der Waals surface area (Å²) < 4.78 is 0. The van der Waals surface area contributed by atoms with Crippen molar-refractivity contribution in [1.29, 1.82) is 0 Å². The molecule has 2 heteroatoms. The van der Waals surface area contributed by atoms with Crippen LogP contribution in [0.1, 0.15) is 6.92 Å². The van der Waals surface area contributed by atoms with Crippen molar-refractivity contribution in [1.82, 2.24) is 0 Å². The number of nitrogens with zero attached hydrogens (tertiary/aromatic N) is 1. The summed E-state index contributed by atoms with van der Waals surface area (Å²) in [6.45, 7) is 1.74. The molecule has 7 heavy (non-hydrogen) atoms. The molecule has 0 bridgehead atoms. The number of rotatable bonds is 1. The average Bonchev–Trinajstić information content (AvgIpc) is 1.69. The summed E-state index contributed by atoms with van der Waals surface area (Å²) in [6.07, 6.45) is 1.40. The average molecular weight is 97.1 g/mol. The van der Waals surface area contributed by atoms with Crippen LogP contribution in [-0.4, -0.2) is 13.3 Å². The first-order valence-electron chi connectivity index (χ1n) is 1.89. The molecular weight excluding hydrogens is 90.1 g/mol. The molecule has 0 aromatic rings. The van der Waals surface area contributed by atoms with Crippen LogP contribution in [-0.2, 0) is 4.84 Å². The topological polar surface area (TPSA) is 21.6 Å². The summed E-state index contributed by atoms with van der Waals surface area (Å²) in [6, 6.07) is 0. The van der Waals surface area contributed by atoms with Crippen molar-refractivity contribution in [3.05, 3.63) is 0 Å². The Morgan fingerprint density at radius 1 is 1.71 bits per heavy atom. The van der Waals surface area contributed by atoms with Gasteiger partial charge in [0.25, 0.3) is 0 Å². The van der Waals surface area contributed by atoms with Gasteiger partial charge in [-0.2, -0.15) is 0 Å². The first-order valence-corrected chi connectivity index (χ1v) is 1.89. The molecule has 0 heterocycles. The zero-order valence-corrected chi connectivity index (χ0v) is 4.43. The fourth-order valence-corrected chi connectivity index (χ4v) is 0.144. The molecule has 0 radical (unpaired) electrons. The fraction of sp³-hybridized carbons (Fsp3) is 0.400. The molecule has 0 amide bonds.